The van der Waals surface area contributed by atoms with E-state index in [-0.39, 0.29) is 11.7 Å². The maximum atomic E-state index is 11.6. The highest BCUT2D eigenvalue weighted by atomic mass is 16.6. The van der Waals surface area contributed by atoms with Gasteiger partial charge in [-0.2, -0.15) is 10.5 Å². The molecule has 1 unspecified atom stereocenters. The van der Waals surface area contributed by atoms with Gasteiger partial charge < -0.3 is 0 Å². The number of nitrogens with zero attached hydrogens (tertiary/aromatic N) is 3. The predicted octanol–water partition coefficient (Wildman–Crippen LogP) is 4.69. The molecule has 0 saturated carbocycles. The number of hydrogen-bond donors (Lipinski definition) is 1. The molecule has 2 aliphatic heterocycles. The van der Waals surface area contributed by atoms with Gasteiger partial charge in [0.05, 0.1) is 29.2 Å². The van der Waals surface area contributed by atoms with Gasteiger partial charge in [-0.1, -0.05) is 60.2 Å². The normalized spacial score (nSPS) is 23.9. The van der Waals surface area contributed by atoms with E-state index in [4.69, 9.17) is 0 Å². The molecule has 1 N–H and O–H groups in total. The number of hydrogen-bond acceptors (Lipinski definition) is 4. The predicted molar refractivity (Wildman–Crippen MR) is 127 cm³/mol. The highest BCUT2D eigenvalue weighted by molar-refractivity contribution is 5.58. The lowest BCUT2D eigenvalue weighted by atomic mass is 9.67. The van der Waals surface area contributed by atoms with Crippen LogP contribution in [0.4, 0.5) is 5.69 Å². The van der Waals surface area contributed by atoms with Crippen molar-refractivity contribution in [2.24, 2.45) is 5.41 Å². The highest BCUT2D eigenvalue weighted by Crippen LogP contribution is 2.56. The van der Waals surface area contributed by atoms with Gasteiger partial charge in [0.2, 0.25) is 5.41 Å². The molecule has 1 fully saturated rings. The number of quaternary nitrogens is 1. The summed E-state index contributed by atoms with van der Waals surface area (Å²) in [5.74, 6) is -0.570. The SMILES string of the molecule is Cc1ccc([C@H]2[C@H](c3cccc([N+](=O)[O-])c3)C(C#N)(C#N)[C@@H]3c4ccccc4C=C[NH+]32)c(C)c1. The van der Waals surface area contributed by atoms with Gasteiger partial charge >= 0.3 is 0 Å². The van der Waals surface area contributed by atoms with Crippen LogP contribution in [0.5, 0.6) is 0 Å². The Morgan fingerprint density at radius 1 is 0.971 bits per heavy atom. The van der Waals surface area contributed by atoms with Crippen molar-refractivity contribution in [2.75, 3.05) is 0 Å². The molecule has 0 amide bonds. The first-order chi connectivity index (χ1) is 16.4. The second-order valence-corrected chi connectivity index (χ2v) is 9.16. The fourth-order valence-corrected chi connectivity index (χ4v) is 5.93. The molecule has 0 aromatic heterocycles. The lowest BCUT2D eigenvalue weighted by molar-refractivity contribution is -0.901. The molecule has 6 heteroatoms. The van der Waals surface area contributed by atoms with Gasteiger partial charge in [-0.05, 0) is 36.6 Å². The lowest BCUT2D eigenvalue weighted by Gasteiger charge is -2.30. The first kappa shape index (κ1) is 21.6. The van der Waals surface area contributed by atoms with Crippen LogP contribution in [-0.4, -0.2) is 4.92 Å². The summed E-state index contributed by atoms with van der Waals surface area (Å²) in [7, 11) is 0. The molecule has 0 spiro atoms. The van der Waals surface area contributed by atoms with Crippen LogP contribution >= 0.6 is 0 Å². The minimum absolute atomic E-state index is 0.0440. The number of nitro groups is 1. The van der Waals surface area contributed by atoms with Crippen molar-refractivity contribution in [1.82, 2.24) is 0 Å². The number of rotatable bonds is 3. The Bertz CT molecular complexity index is 1410. The number of aryl methyl sites for hydroxylation is 2. The fourth-order valence-electron chi connectivity index (χ4n) is 5.93. The van der Waals surface area contributed by atoms with Crippen LogP contribution in [0.2, 0.25) is 0 Å². The second-order valence-electron chi connectivity index (χ2n) is 9.16. The summed E-state index contributed by atoms with van der Waals surface area (Å²) in [4.78, 5) is 12.2. The molecule has 1 saturated heterocycles. The molecule has 0 aliphatic carbocycles. The summed E-state index contributed by atoms with van der Waals surface area (Å²) < 4.78 is 0. The third-order valence-corrected chi connectivity index (χ3v) is 7.30. The van der Waals surface area contributed by atoms with Crippen LogP contribution in [0, 0.1) is 52.0 Å². The molecule has 34 heavy (non-hydrogen) atoms. The topological polar surface area (TPSA) is 95.2 Å². The van der Waals surface area contributed by atoms with Crippen molar-refractivity contribution in [3.05, 3.63) is 116 Å². The second kappa shape index (κ2) is 7.95. The average molecular weight is 448 g/mol. The molecule has 0 radical (unpaired) electrons. The monoisotopic (exact) mass is 447 g/mol. The Balaban J connectivity index is 1.83. The van der Waals surface area contributed by atoms with E-state index in [1.807, 2.05) is 56.3 Å². The summed E-state index contributed by atoms with van der Waals surface area (Å²) in [6, 6.07) is 24.6. The highest BCUT2D eigenvalue weighted by Gasteiger charge is 2.66. The number of benzene rings is 3. The van der Waals surface area contributed by atoms with Crippen molar-refractivity contribution in [3.8, 4) is 12.1 Å². The summed E-state index contributed by atoms with van der Waals surface area (Å²) >= 11 is 0. The fraction of sp³-hybridized carbons (Fsp3) is 0.214. The number of nitrogens with one attached hydrogen (secondary N) is 1. The molecule has 6 nitrogen and oxygen atoms in total. The van der Waals surface area contributed by atoms with Gasteiger partial charge in [0.15, 0.2) is 6.04 Å². The third kappa shape index (κ3) is 3.04. The van der Waals surface area contributed by atoms with Crippen molar-refractivity contribution < 1.29 is 9.82 Å². The molecule has 166 valence electrons. The number of nitro benzene ring substituents is 1. The van der Waals surface area contributed by atoms with E-state index < -0.39 is 22.3 Å². The van der Waals surface area contributed by atoms with Gasteiger partial charge in [0.25, 0.3) is 5.69 Å². The van der Waals surface area contributed by atoms with Crippen molar-refractivity contribution in [1.29, 1.82) is 10.5 Å². The quantitative estimate of drug-likeness (QED) is 0.465. The number of fused-ring (bicyclic) bond motifs is 3. The summed E-state index contributed by atoms with van der Waals surface area (Å²) in [6.07, 6.45) is 4.10. The Morgan fingerprint density at radius 2 is 1.74 bits per heavy atom. The van der Waals surface area contributed by atoms with Gasteiger partial charge in [0, 0.05) is 23.3 Å². The summed E-state index contributed by atoms with van der Waals surface area (Å²) in [5.41, 5.74) is 4.35. The van der Waals surface area contributed by atoms with E-state index in [0.717, 1.165) is 32.7 Å². The number of nitriles is 2. The smallest absolute Gasteiger partial charge is 0.269 e. The van der Waals surface area contributed by atoms with Crippen LogP contribution in [0.25, 0.3) is 6.08 Å². The Kier molecular flexibility index (Phi) is 5.05. The first-order valence-corrected chi connectivity index (χ1v) is 11.2. The standard InChI is InChI=1S/C28H22N4O2/c1-18-10-11-23(19(2)14-18)26-25(21-7-5-8-22(15-21)32(33)34)28(16-29,17-30)27-24-9-4-3-6-20(24)12-13-31(26)27/h3-15,25-27H,1-2H3/p+1/t25-,26-,27-/m0/s1. The Hall–Kier alpha value is -4.26. The first-order valence-electron chi connectivity index (χ1n) is 11.2. The van der Waals surface area contributed by atoms with Crippen LogP contribution in [0.3, 0.4) is 0 Å². The van der Waals surface area contributed by atoms with E-state index in [1.165, 1.54) is 12.1 Å². The van der Waals surface area contributed by atoms with Crippen LogP contribution in [0.15, 0.2) is 72.9 Å². The van der Waals surface area contributed by atoms with Crippen molar-refractivity contribution >= 4 is 11.8 Å². The zero-order chi connectivity index (χ0) is 24.0. The Labute approximate surface area is 198 Å². The maximum absolute atomic E-state index is 11.6. The maximum Gasteiger partial charge on any atom is 0.269 e. The Morgan fingerprint density at radius 3 is 2.44 bits per heavy atom. The average Bonchev–Trinajstić information content (AvgIpc) is 3.15. The minimum Gasteiger partial charge on any atom is -0.293 e. The molecule has 3 aromatic rings. The van der Waals surface area contributed by atoms with Crippen molar-refractivity contribution in [3.63, 3.8) is 0 Å². The number of non-ortho nitro benzene ring substituents is 1. The van der Waals surface area contributed by atoms with Gasteiger partial charge in [-0.15, -0.1) is 0 Å². The van der Waals surface area contributed by atoms with Crippen LogP contribution in [0.1, 0.15) is 51.4 Å². The molecule has 4 atom stereocenters. The third-order valence-electron chi connectivity index (χ3n) is 7.30. The largest absolute Gasteiger partial charge is 0.293 e. The zero-order valence-corrected chi connectivity index (χ0v) is 18.9. The van der Waals surface area contributed by atoms with Gasteiger partial charge in [-0.25, -0.2) is 0 Å². The zero-order valence-electron chi connectivity index (χ0n) is 18.9. The van der Waals surface area contributed by atoms with E-state index in [0.29, 0.717) is 5.56 Å². The summed E-state index contributed by atoms with van der Waals surface area (Å²) in [6.45, 7) is 4.08. The minimum atomic E-state index is -1.42. The molecular formula is C28H23N4O2+. The van der Waals surface area contributed by atoms with Crippen LogP contribution in [-0.2, 0) is 0 Å². The van der Waals surface area contributed by atoms with Crippen LogP contribution < -0.4 is 4.90 Å². The van der Waals surface area contributed by atoms with Gasteiger partial charge in [-0.3, -0.25) is 15.0 Å². The van der Waals surface area contributed by atoms with E-state index in [1.54, 1.807) is 6.07 Å². The lowest BCUT2D eigenvalue weighted by Crippen LogP contribution is -3.07. The molecule has 0 bridgehead atoms. The molecule has 3 aromatic carbocycles. The summed E-state index contributed by atoms with van der Waals surface area (Å²) in [5, 5.41) is 32.8. The van der Waals surface area contributed by atoms with E-state index in [2.05, 4.69) is 30.5 Å². The van der Waals surface area contributed by atoms with Crippen molar-refractivity contribution in [2.45, 2.75) is 31.8 Å². The van der Waals surface area contributed by atoms with Gasteiger partial charge in [0.1, 0.15) is 6.04 Å². The molecular weight excluding hydrogens is 424 g/mol. The molecule has 2 aliphatic rings. The van der Waals surface area contributed by atoms with E-state index in [9.17, 15) is 20.6 Å². The van der Waals surface area contributed by atoms with E-state index >= 15 is 0 Å². The molecule has 2 heterocycles. The molecule has 5 rings (SSSR count).